The molecule has 0 radical (unpaired) electrons. The van der Waals surface area contributed by atoms with Crippen molar-refractivity contribution >= 4 is 18.3 Å². The maximum atomic E-state index is 12.9. The van der Waals surface area contributed by atoms with Crippen LogP contribution in [-0.2, 0) is 0 Å². The third kappa shape index (κ3) is 3.56. The minimum atomic E-state index is 0. The predicted molar refractivity (Wildman–Crippen MR) is 92.0 cm³/mol. The van der Waals surface area contributed by atoms with Crippen molar-refractivity contribution in [2.45, 2.75) is 38.3 Å². The number of hydrogen-bond donors (Lipinski definition) is 1. The number of carbonyl (C=O) groups excluding carboxylic acids is 1. The van der Waals surface area contributed by atoms with Crippen LogP contribution < -0.4 is 14.8 Å². The number of methoxy groups -OCH3 is 2. The molecule has 5 nitrogen and oxygen atoms in total. The number of nitrogens with zero attached hydrogens (tertiary/aromatic N) is 1. The molecule has 2 bridgehead atoms. The number of amides is 1. The van der Waals surface area contributed by atoms with Crippen molar-refractivity contribution in [3.8, 4) is 11.5 Å². The van der Waals surface area contributed by atoms with E-state index < -0.39 is 0 Å². The number of carbonyl (C=O) groups is 1. The number of nitrogens with one attached hydrogen (secondary N) is 1. The molecule has 0 spiro atoms. The molecule has 128 valence electrons. The maximum Gasteiger partial charge on any atom is 0.254 e. The van der Waals surface area contributed by atoms with Gasteiger partial charge in [-0.05, 0) is 38.3 Å². The summed E-state index contributed by atoms with van der Waals surface area (Å²) in [5.41, 5.74) is 1.55. The highest BCUT2D eigenvalue weighted by atomic mass is 35.5. The van der Waals surface area contributed by atoms with Gasteiger partial charge >= 0.3 is 0 Å². The van der Waals surface area contributed by atoms with Crippen LogP contribution in [0.3, 0.4) is 0 Å². The number of likely N-dealkylation sites (tertiary alicyclic amines) is 1. The SMILES string of the molecule is COc1cc(C(=O)N2CCC3CCC(C2)N3)cc(OC)c1C.Cl. The van der Waals surface area contributed by atoms with E-state index >= 15 is 0 Å². The summed E-state index contributed by atoms with van der Waals surface area (Å²) < 4.78 is 10.8. The van der Waals surface area contributed by atoms with Crippen molar-refractivity contribution in [1.29, 1.82) is 0 Å². The van der Waals surface area contributed by atoms with Gasteiger partial charge in [-0.15, -0.1) is 12.4 Å². The number of hydrogen-bond acceptors (Lipinski definition) is 4. The van der Waals surface area contributed by atoms with Crippen molar-refractivity contribution in [3.05, 3.63) is 23.3 Å². The van der Waals surface area contributed by atoms with Gasteiger partial charge in [-0.1, -0.05) is 0 Å². The Balaban J connectivity index is 0.00000192. The lowest BCUT2D eigenvalue weighted by Crippen LogP contribution is -2.39. The lowest BCUT2D eigenvalue weighted by molar-refractivity contribution is 0.0747. The summed E-state index contributed by atoms with van der Waals surface area (Å²) in [4.78, 5) is 14.8. The highest BCUT2D eigenvalue weighted by Crippen LogP contribution is 2.30. The standard InChI is InChI=1S/C17H24N2O3.ClH/c1-11-15(21-2)8-12(9-16(11)22-3)17(20)19-7-6-13-4-5-14(10-19)18-13;/h8-9,13-14,18H,4-7,10H2,1-3H3;1H. The van der Waals surface area contributed by atoms with E-state index in [4.69, 9.17) is 9.47 Å². The van der Waals surface area contributed by atoms with Gasteiger partial charge in [-0.25, -0.2) is 0 Å². The van der Waals surface area contributed by atoms with Gasteiger partial charge in [0.2, 0.25) is 0 Å². The van der Waals surface area contributed by atoms with E-state index in [9.17, 15) is 4.79 Å². The van der Waals surface area contributed by atoms with Crippen LogP contribution in [0.25, 0.3) is 0 Å². The first kappa shape index (κ1) is 17.9. The Morgan fingerprint density at radius 1 is 1.13 bits per heavy atom. The molecule has 2 aliphatic rings. The lowest BCUT2D eigenvalue weighted by atomic mass is 10.1. The Morgan fingerprint density at radius 3 is 2.35 bits per heavy atom. The zero-order valence-corrected chi connectivity index (χ0v) is 14.7. The largest absolute Gasteiger partial charge is 0.496 e. The molecule has 2 fully saturated rings. The fourth-order valence-electron chi connectivity index (χ4n) is 3.52. The Kier molecular flexibility index (Phi) is 5.76. The molecule has 1 aromatic carbocycles. The Bertz CT molecular complexity index is 554. The van der Waals surface area contributed by atoms with Crippen molar-refractivity contribution in [1.82, 2.24) is 10.2 Å². The number of fused-ring (bicyclic) bond motifs is 2. The van der Waals surface area contributed by atoms with Gasteiger partial charge < -0.3 is 19.7 Å². The summed E-state index contributed by atoms with van der Waals surface area (Å²) in [5.74, 6) is 1.44. The lowest BCUT2D eigenvalue weighted by Gasteiger charge is -2.25. The predicted octanol–water partition coefficient (Wildman–Crippen LogP) is 2.40. The van der Waals surface area contributed by atoms with Gasteiger partial charge in [-0.3, -0.25) is 4.79 Å². The molecule has 2 atom stereocenters. The van der Waals surface area contributed by atoms with Crippen LogP contribution in [0.15, 0.2) is 12.1 Å². The first-order chi connectivity index (χ1) is 10.6. The molecule has 23 heavy (non-hydrogen) atoms. The second-order valence-corrected chi connectivity index (χ2v) is 6.18. The third-order valence-corrected chi connectivity index (χ3v) is 4.81. The maximum absolute atomic E-state index is 12.9. The molecule has 1 N–H and O–H groups in total. The average Bonchev–Trinajstić information content (AvgIpc) is 2.86. The van der Waals surface area contributed by atoms with Crippen LogP contribution in [0.5, 0.6) is 11.5 Å². The molecule has 3 rings (SSSR count). The molecule has 6 heteroatoms. The quantitative estimate of drug-likeness (QED) is 0.918. The number of ether oxygens (including phenoxy) is 2. The van der Waals surface area contributed by atoms with E-state index in [0.29, 0.717) is 29.1 Å². The summed E-state index contributed by atoms with van der Waals surface area (Å²) in [5, 5.41) is 3.60. The van der Waals surface area contributed by atoms with Gasteiger partial charge in [0.15, 0.2) is 0 Å². The van der Waals surface area contributed by atoms with Crippen LogP contribution in [0.2, 0.25) is 0 Å². The van der Waals surface area contributed by atoms with Crippen LogP contribution in [0.4, 0.5) is 0 Å². The number of rotatable bonds is 3. The summed E-state index contributed by atoms with van der Waals surface area (Å²) in [6, 6.07) is 4.64. The third-order valence-electron chi connectivity index (χ3n) is 4.81. The normalized spacial score (nSPS) is 23.0. The first-order valence-electron chi connectivity index (χ1n) is 7.90. The zero-order chi connectivity index (χ0) is 15.7. The van der Waals surface area contributed by atoms with Crippen molar-refractivity contribution in [3.63, 3.8) is 0 Å². The molecular formula is C17H25ClN2O3. The fraction of sp³-hybridized carbons (Fsp3) is 0.588. The van der Waals surface area contributed by atoms with Gasteiger partial charge in [0.1, 0.15) is 11.5 Å². The average molecular weight is 341 g/mol. The minimum absolute atomic E-state index is 0. The molecule has 1 aromatic rings. The van der Waals surface area contributed by atoms with Crippen LogP contribution in [0.1, 0.15) is 35.2 Å². The molecule has 2 heterocycles. The second-order valence-electron chi connectivity index (χ2n) is 6.18. The second kappa shape index (κ2) is 7.41. The van der Waals surface area contributed by atoms with Crippen molar-refractivity contribution in [2.24, 2.45) is 0 Å². The number of benzene rings is 1. The highest BCUT2D eigenvalue weighted by Gasteiger charge is 2.31. The molecule has 0 saturated carbocycles. The molecule has 2 aliphatic heterocycles. The van der Waals surface area contributed by atoms with E-state index in [0.717, 1.165) is 31.5 Å². The van der Waals surface area contributed by atoms with Gasteiger partial charge in [-0.2, -0.15) is 0 Å². The fourth-order valence-corrected chi connectivity index (χ4v) is 3.52. The van der Waals surface area contributed by atoms with E-state index in [1.165, 1.54) is 6.42 Å². The Hall–Kier alpha value is -1.46. The summed E-state index contributed by atoms with van der Waals surface area (Å²) in [6.45, 7) is 3.53. The molecule has 0 aromatic heterocycles. The van der Waals surface area contributed by atoms with Gasteiger partial charge in [0, 0.05) is 36.3 Å². The van der Waals surface area contributed by atoms with Crippen molar-refractivity contribution < 1.29 is 14.3 Å². The highest BCUT2D eigenvalue weighted by molar-refractivity contribution is 5.95. The monoisotopic (exact) mass is 340 g/mol. The summed E-state index contributed by atoms with van der Waals surface area (Å²) in [7, 11) is 3.23. The van der Waals surface area contributed by atoms with E-state index in [2.05, 4.69) is 5.32 Å². The summed E-state index contributed by atoms with van der Waals surface area (Å²) >= 11 is 0. The van der Waals surface area contributed by atoms with Crippen molar-refractivity contribution in [2.75, 3.05) is 27.3 Å². The number of halogens is 1. The topological polar surface area (TPSA) is 50.8 Å². The molecule has 2 saturated heterocycles. The zero-order valence-electron chi connectivity index (χ0n) is 13.9. The van der Waals surface area contributed by atoms with Crippen LogP contribution >= 0.6 is 12.4 Å². The van der Waals surface area contributed by atoms with E-state index in [-0.39, 0.29) is 18.3 Å². The molecule has 0 aliphatic carbocycles. The van der Waals surface area contributed by atoms with E-state index in [1.54, 1.807) is 14.2 Å². The summed E-state index contributed by atoms with van der Waals surface area (Å²) in [6.07, 6.45) is 3.43. The van der Waals surface area contributed by atoms with Crippen LogP contribution in [-0.4, -0.2) is 50.2 Å². The Morgan fingerprint density at radius 2 is 1.74 bits per heavy atom. The molecule has 2 unspecified atom stereocenters. The smallest absolute Gasteiger partial charge is 0.254 e. The van der Waals surface area contributed by atoms with Gasteiger partial charge in [0.05, 0.1) is 14.2 Å². The molecule has 1 amide bonds. The van der Waals surface area contributed by atoms with Crippen LogP contribution in [0, 0.1) is 6.92 Å². The van der Waals surface area contributed by atoms with E-state index in [1.807, 2.05) is 24.0 Å². The van der Waals surface area contributed by atoms with Gasteiger partial charge in [0.25, 0.3) is 5.91 Å². The molecular weight excluding hydrogens is 316 g/mol. The Labute approximate surface area is 143 Å². The first-order valence-corrected chi connectivity index (χ1v) is 7.90. The minimum Gasteiger partial charge on any atom is -0.496 e.